The molecule has 0 aliphatic rings. The minimum absolute atomic E-state index is 0.156. The van der Waals surface area contributed by atoms with Crippen molar-refractivity contribution in [2.45, 2.75) is 52.4 Å². The molecule has 0 unspecified atom stereocenters. The lowest BCUT2D eigenvalue weighted by Gasteiger charge is -2.13. The van der Waals surface area contributed by atoms with E-state index in [2.05, 4.69) is 56.5 Å². The second-order valence-electron chi connectivity index (χ2n) is 6.28. The number of thiazole rings is 1. The van der Waals surface area contributed by atoms with Crippen LogP contribution in [0.2, 0.25) is 0 Å². The van der Waals surface area contributed by atoms with Gasteiger partial charge in [0.1, 0.15) is 5.82 Å². The summed E-state index contributed by atoms with van der Waals surface area (Å²) in [5, 5.41) is 3.23. The number of imidazole rings is 1. The van der Waals surface area contributed by atoms with Gasteiger partial charge in [0.05, 0.1) is 5.01 Å². The molecule has 18 heavy (non-hydrogen) atoms. The third-order valence-corrected chi connectivity index (χ3v) is 3.48. The molecule has 100 valence electrons. The largest absolute Gasteiger partial charge is 0.348 e. The van der Waals surface area contributed by atoms with Gasteiger partial charge in [0, 0.05) is 34.8 Å². The number of nitrogens with zero attached hydrogens (tertiary/aromatic N) is 2. The fourth-order valence-electron chi connectivity index (χ4n) is 1.27. The average Bonchev–Trinajstić information content (AvgIpc) is 2.91. The van der Waals surface area contributed by atoms with E-state index in [0.717, 1.165) is 5.82 Å². The number of H-pyrrole nitrogens is 1. The Morgan fingerprint density at radius 1 is 0.944 bits per heavy atom. The van der Waals surface area contributed by atoms with E-state index >= 15 is 0 Å². The zero-order valence-corrected chi connectivity index (χ0v) is 12.9. The van der Waals surface area contributed by atoms with E-state index in [1.807, 2.05) is 17.8 Å². The highest BCUT2D eigenvalue weighted by molar-refractivity contribution is 7.09. The highest BCUT2D eigenvalue weighted by Crippen LogP contribution is 2.23. The summed E-state index contributed by atoms with van der Waals surface area (Å²) in [6.45, 7) is 12.9. The highest BCUT2D eigenvalue weighted by Gasteiger charge is 2.15. The summed E-state index contributed by atoms with van der Waals surface area (Å²) in [4.78, 5) is 11.4. The molecule has 0 radical (unpaired) electrons. The zero-order valence-electron chi connectivity index (χ0n) is 12.1. The first-order chi connectivity index (χ1) is 8.21. The standard InChI is InChI=1S/C7H12N2.C7H11NS/c2*1-7(2,3)6-8-4-5-9-6/h4-5H,1-3H3,(H,8,9);4-5H,1-3H3. The molecular formula is C14H23N3S. The first-order valence-electron chi connectivity index (χ1n) is 6.11. The highest BCUT2D eigenvalue weighted by atomic mass is 32.1. The Bertz CT molecular complexity index is 386. The van der Waals surface area contributed by atoms with Crippen LogP contribution < -0.4 is 0 Å². The molecule has 0 aromatic carbocycles. The molecule has 1 N–H and O–H groups in total. The van der Waals surface area contributed by atoms with Gasteiger partial charge in [-0.15, -0.1) is 11.3 Å². The molecule has 4 heteroatoms. The average molecular weight is 265 g/mol. The number of hydrogen-bond donors (Lipinski definition) is 1. The fourth-order valence-corrected chi connectivity index (χ4v) is 2.00. The molecule has 2 rings (SSSR count). The van der Waals surface area contributed by atoms with E-state index in [9.17, 15) is 0 Å². The van der Waals surface area contributed by atoms with Crippen molar-refractivity contribution in [3.8, 4) is 0 Å². The summed E-state index contributed by atoms with van der Waals surface area (Å²) < 4.78 is 0. The van der Waals surface area contributed by atoms with Gasteiger partial charge in [-0.2, -0.15) is 0 Å². The van der Waals surface area contributed by atoms with Gasteiger partial charge in [-0.1, -0.05) is 41.5 Å². The van der Waals surface area contributed by atoms with E-state index in [-0.39, 0.29) is 10.8 Å². The molecule has 0 atom stereocenters. The normalized spacial score (nSPS) is 11.9. The van der Waals surface area contributed by atoms with E-state index in [4.69, 9.17) is 0 Å². The third kappa shape index (κ3) is 4.61. The van der Waals surface area contributed by atoms with Crippen molar-refractivity contribution in [1.82, 2.24) is 15.0 Å². The monoisotopic (exact) mass is 265 g/mol. The van der Waals surface area contributed by atoms with Gasteiger partial charge in [-0.3, -0.25) is 0 Å². The summed E-state index contributed by atoms with van der Waals surface area (Å²) in [7, 11) is 0. The first-order valence-corrected chi connectivity index (χ1v) is 6.99. The van der Waals surface area contributed by atoms with Gasteiger partial charge in [0.25, 0.3) is 0 Å². The van der Waals surface area contributed by atoms with Crippen LogP contribution in [0.5, 0.6) is 0 Å². The van der Waals surface area contributed by atoms with Gasteiger partial charge in [-0.25, -0.2) is 9.97 Å². The van der Waals surface area contributed by atoms with Crippen molar-refractivity contribution in [1.29, 1.82) is 0 Å². The quantitative estimate of drug-likeness (QED) is 0.777. The molecule has 0 saturated carbocycles. The number of aromatic nitrogens is 3. The number of rotatable bonds is 0. The molecule has 0 spiro atoms. The van der Waals surface area contributed by atoms with Gasteiger partial charge in [-0.05, 0) is 0 Å². The topological polar surface area (TPSA) is 41.6 Å². The smallest absolute Gasteiger partial charge is 0.111 e. The second-order valence-corrected chi connectivity index (χ2v) is 7.17. The van der Waals surface area contributed by atoms with Crippen LogP contribution in [0.15, 0.2) is 24.0 Å². The van der Waals surface area contributed by atoms with Crippen LogP contribution >= 0.6 is 11.3 Å². The maximum absolute atomic E-state index is 4.21. The van der Waals surface area contributed by atoms with Crippen molar-refractivity contribution in [3.63, 3.8) is 0 Å². The number of hydrogen-bond acceptors (Lipinski definition) is 3. The van der Waals surface area contributed by atoms with Crippen LogP contribution in [0.25, 0.3) is 0 Å². The van der Waals surface area contributed by atoms with Crippen molar-refractivity contribution in [2.75, 3.05) is 0 Å². The van der Waals surface area contributed by atoms with Crippen molar-refractivity contribution in [2.24, 2.45) is 0 Å². The molecule has 2 aromatic rings. The Morgan fingerprint density at radius 2 is 1.61 bits per heavy atom. The fraction of sp³-hybridized carbons (Fsp3) is 0.571. The molecule has 0 bridgehead atoms. The SMILES string of the molecule is CC(C)(C)c1ncc[nH]1.CC(C)(C)c1nccs1. The van der Waals surface area contributed by atoms with Crippen molar-refractivity contribution < 1.29 is 0 Å². The van der Waals surface area contributed by atoms with Crippen LogP contribution in [0.1, 0.15) is 52.4 Å². The van der Waals surface area contributed by atoms with Gasteiger partial charge in [0.15, 0.2) is 0 Å². The Kier molecular flexibility index (Phi) is 4.68. The lowest BCUT2D eigenvalue weighted by molar-refractivity contribution is 0.552. The summed E-state index contributed by atoms with van der Waals surface area (Å²) in [6.07, 6.45) is 5.48. The molecular weight excluding hydrogens is 242 g/mol. The van der Waals surface area contributed by atoms with Crippen LogP contribution in [-0.4, -0.2) is 15.0 Å². The summed E-state index contributed by atoms with van der Waals surface area (Å²) >= 11 is 1.72. The van der Waals surface area contributed by atoms with E-state index in [1.165, 1.54) is 5.01 Å². The maximum atomic E-state index is 4.21. The van der Waals surface area contributed by atoms with Crippen LogP contribution in [-0.2, 0) is 10.8 Å². The van der Waals surface area contributed by atoms with Crippen LogP contribution in [0, 0.1) is 0 Å². The lowest BCUT2D eigenvalue weighted by atomic mass is 9.96. The Balaban J connectivity index is 0.000000180. The van der Waals surface area contributed by atoms with E-state index in [1.54, 1.807) is 17.5 Å². The van der Waals surface area contributed by atoms with Crippen molar-refractivity contribution in [3.05, 3.63) is 34.8 Å². The van der Waals surface area contributed by atoms with Gasteiger partial charge < -0.3 is 4.98 Å². The molecule has 0 saturated heterocycles. The van der Waals surface area contributed by atoms with E-state index in [0.29, 0.717) is 0 Å². The lowest BCUT2D eigenvalue weighted by Crippen LogP contribution is -2.12. The molecule has 2 heterocycles. The maximum Gasteiger partial charge on any atom is 0.111 e. The zero-order chi connectivity index (χ0) is 13.8. The molecule has 0 aliphatic heterocycles. The third-order valence-electron chi connectivity index (χ3n) is 2.28. The summed E-state index contributed by atoms with van der Waals surface area (Å²) in [5.41, 5.74) is 0.387. The number of aromatic amines is 1. The minimum Gasteiger partial charge on any atom is -0.348 e. The Hall–Kier alpha value is -1.16. The number of nitrogens with one attached hydrogen (secondary N) is 1. The molecule has 0 aliphatic carbocycles. The predicted molar refractivity (Wildman–Crippen MR) is 78.1 cm³/mol. The van der Waals surface area contributed by atoms with Crippen LogP contribution in [0.4, 0.5) is 0 Å². The van der Waals surface area contributed by atoms with E-state index < -0.39 is 0 Å². The van der Waals surface area contributed by atoms with Crippen molar-refractivity contribution >= 4 is 11.3 Å². The second kappa shape index (κ2) is 5.65. The van der Waals surface area contributed by atoms with Crippen LogP contribution in [0.3, 0.4) is 0 Å². The minimum atomic E-state index is 0.156. The molecule has 3 nitrogen and oxygen atoms in total. The molecule has 2 aromatic heterocycles. The Morgan fingerprint density at radius 3 is 1.83 bits per heavy atom. The molecule has 0 fully saturated rings. The first kappa shape index (κ1) is 14.9. The summed E-state index contributed by atoms with van der Waals surface area (Å²) in [6, 6.07) is 0. The van der Waals surface area contributed by atoms with Gasteiger partial charge >= 0.3 is 0 Å². The van der Waals surface area contributed by atoms with Gasteiger partial charge in [0.2, 0.25) is 0 Å². The molecule has 0 amide bonds. The predicted octanol–water partition coefficient (Wildman–Crippen LogP) is 4.15. The Labute approximate surface area is 114 Å². The summed E-state index contributed by atoms with van der Waals surface area (Å²) in [5.74, 6) is 1.04.